The first-order valence-corrected chi connectivity index (χ1v) is 15.0. The molecule has 1 saturated carbocycles. The quantitative estimate of drug-likeness (QED) is 0.425. The summed E-state index contributed by atoms with van der Waals surface area (Å²) in [5, 5.41) is 26.9. The van der Waals surface area contributed by atoms with Gasteiger partial charge in [0.1, 0.15) is 0 Å². The van der Waals surface area contributed by atoms with Crippen LogP contribution in [0.4, 0.5) is 0 Å². The van der Waals surface area contributed by atoms with E-state index in [-0.39, 0.29) is 83.0 Å². The van der Waals surface area contributed by atoms with E-state index in [0.717, 1.165) is 47.9 Å². The largest absolute Gasteiger partial charge is 1.00 e. The monoisotopic (exact) mass is 558 g/mol. The van der Waals surface area contributed by atoms with Crippen molar-refractivity contribution in [2.75, 3.05) is 0 Å². The van der Waals surface area contributed by atoms with Crippen molar-refractivity contribution in [3.05, 3.63) is 57.6 Å². The summed E-state index contributed by atoms with van der Waals surface area (Å²) in [7, 11) is 0. The Hall–Kier alpha value is -1.43. The predicted molar refractivity (Wildman–Crippen MR) is 168 cm³/mol. The van der Waals surface area contributed by atoms with E-state index in [2.05, 4.69) is 95.2 Å². The standard InChI is InChI=1S/C36H54N2O2.2Li/c1-33(2,3)25-17-23(31(39)27(19-25)35(7,8)9)21-37-29-15-13-14-16-30(29)38-22-24-18-26(34(4,5)6)20-28(32(24)40)36(10,11)12;;/h17-22,29-30,39-40H,13-16H2,1-12H3;;/q;2*+1/p-2/t29-,30-;;/m0../s1. The molecule has 4 nitrogen and oxygen atoms in total. The minimum absolute atomic E-state index is 0. The fourth-order valence-corrected chi connectivity index (χ4v) is 5.27. The van der Waals surface area contributed by atoms with Gasteiger partial charge in [-0.25, -0.2) is 0 Å². The van der Waals surface area contributed by atoms with E-state index in [1.807, 2.05) is 12.1 Å². The number of hydrogen-bond acceptors (Lipinski definition) is 4. The van der Waals surface area contributed by atoms with E-state index in [9.17, 15) is 10.2 Å². The van der Waals surface area contributed by atoms with E-state index >= 15 is 0 Å². The van der Waals surface area contributed by atoms with Gasteiger partial charge in [-0.05, 0) is 67.9 Å². The Morgan fingerprint density at radius 3 is 1.12 bits per heavy atom. The van der Waals surface area contributed by atoms with Gasteiger partial charge in [-0.2, -0.15) is 0 Å². The maximum Gasteiger partial charge on any atom is 1.00 e. The van der Waals surface area contributed by atoms with Gasteiger partial charge in [0.05, 0.1) is 12.1 Å². The van der Waals surface area contributed by atoms with E-state index in [1.54, 1.807) is 12.4 Å². The third-order valence-electron chi connectivity index (χ3n) is 8.09. The first-order chi connectivity index (χ1) is 18.2. The van der Waals surface area contributed by atoms with Gasteiger partial charge in [-0.1, -0.05) is 132 Å². The second-order valence-electron chi connectivity index (χ2n) is 15.9. The zero-order valence-electron chi connectivity index (χ0n) is 29.2. The second kappa shape index (κ2) is 14.1. The molecule has 0 saturated heterocycles. The molecule has 1 aliphatic rings. The molecule has 2 atom stereocenters. The molecule has 2 aromatic rings. The molecule has 0 bridgehead atoms. The van der Waals surface area contributed by atoms with Crippen LogP contribution in [-0.2, 0) is 21.7 Å². The van der Waals surface area contributed by atoms with Crippen LogP contribution < -0.4 is 47.9 Å². The molecule has 1 aliphatic carbocycles. The summed E-state index contributed by atoms with van der Waals surface area (Å²) in [5.74, 6) is 0.120. The average Bonchev–Trinajstić information content (AvgIpc) is 2.80. The molecule has 0 radical (unpaired) electrons. The van der Waals surface area contributed by atoms with Crippen LogP contribution in [0.2, 0.25) is 0 Å². The van der Waals surface area contributed by atoms with Crippen LogP contribution in [0.1, 0.15) is 142 Å². The van der Waals surface area contributed by atoms with Gasteiger partial charge >= 0.3 is 37.7 Å². The maximum atomic E-state index is 13.5. The molecule has 0 aliphatic heterocycles. The number of nitrogens with zero attached hydrogens (tertiary/aromatic N) is 2. The van der Waals surface area contributed by atoms with Gasteiger partial charge in [-0.3, -0.25) is 9.98 Å². The summed E-state index contributed by atoms with van der Waals surface area (Å²) in [6.07, 6.45) is 7.63. The second-order valence-corrected chi connectivity index (χ2v) is 15.9. The van der Waals surface area contributed by atoms with Gasteiger partial charge in [0.25, 0.3) is 0 Å². The minimum atomic E-state index is -0.248. The summed E-state index contributed by atoms with van der Waals surface area (Å²) in [6.45, 7) is 25.6. The summed E-state index contributed by atoms with van der Waals surface area (Å²) >= 11 is 0. The molecular formula is C36H52Li2N2O2. The molecule has 42 heavy (non-hydrogen) atoms. The van der Waals surface area contributed by atoms with E-state index in [4.69, 9.17) is 9.98 Å². The van der Waals surface area contributed by atoms with Gasteiger partial charge in [0.2, 0.25) is 0 Å². The molecule has 6 heteroatoms. The molecule has 2 aromatic carbocycles. The van der Waals surface area contributed by atoms with Crippen LogP contribution in [0.15, 0.2) is 34.3 Å². The van der Waals surface area contributed by atoms with Crippen LogP contribution in [0, 0.1) is 0 Å². The van der Waals surface area contributed by atoms with Gasteiger partial charge < -0.3 is 10.2 Å². The third-order valence-corrected chi connectivity index (χ3v) is 8.09. The summed E-state index contributed by atoms with van der Waals surface area (Å²) in [4.78, 5) is 9.95. The molecule has 0 spiro atoms. The van der Waals surface area contributed by atoms with E-state index in [1.165, 1.54) is 0 Å². The Labute approximate surface area is 280 Å². The number of hydrogen-bond donors (Lipinski definition) is 0. The molecule has 0 amide bonds. The van der Waals surface area contributed by atoms with Crippen molar-refractivity contribution in [3.63, 3.8) is 0 Å². The normalized spacial score (nSPS) is 18.7. The van der Waals surface area contributed by atoms with Crippen molar-refractivity contribution in [2.45, 2.75) is 143 Å². The third kappa shape index (κ3) is 9.54. The molecule has 0 unspecified atom stereocenters. The SMILES string of the molecule is CC(C)(C)c1cc(C=N[C@H]2CCCC[C@@H]2N=Cc2cc(C(C)(C)C)cc(C(C)(C)C)c2[O-])c([O-])c(C(C)(C)C)c1.[Li+].[Li+]. The zero-order chi connectivity index (χ0) is 30.3. The van der Waals surface area contributed by atoms with Gasteiger partial charge in [-0.15, -0.1) is 0 Å². The number of benzene rings is 2. The molecule has 0 aromatic heterocycles. The molecule has 3 rings (SSSR count). The van der Waals surface area contributed by atoms with Crippen LogP contribution in [0.5, 0.6) is 11.5 Å². The number of rotatable bonds is 4. The Balaban J connectivity index is 0.00000441. The fraction of sp³-hybridized carbons (Fsp3) is 0.611. The molecule has 1 fully saturated rings. The van der Waals surface area contributed by atoms with Gasteiger partial charge in [0, 0.05) is 12.4 Å². The Morgan fingerprint density at radius 1 is 0.548 bits per heavy atom. The fourth-order valence-electron chi connectivity index (χ4n) is 5.27. The zero-order valence-corrected chi connectivity index (χ0v) is 29.2. The van der Waals surface area contributed by atoms with Crippen molar-refractivity contribution in [2.24, 2.45) is 9.98 Å². The average molecular weight is 559 g/mol. The van der Waals surface area contributed by atoms with Gasteiger partial charge in [0.15, 0.2) is 0 Å². The van der Waals surface area contributed by atoms with Crippen LogP contribution in [0.25, 0.3) is 0 Å². The van der Waals surface area contributed by atoms with Crippen molar-refractivity contribution >= 4 is 12.4 Å². The van der Waals surface area contributed by atoms with E-state index in [0.29, 0.717) is 11.1 Å². The Morgan fingerprint density at radius 2 is 0.857 bits per heavy atom. The maximum absolute atomic E-state index is 13.5. The van der Waals surface area contributed by atoms with Crippen LogP contribution in [0.3, 0.4) is 0 Å². The molecule has 0 heterocycles. The van der Waals surface area contributed by atoms with Crippen molar-refractivity contribution in [1.29, 1.82) is 0 Å². The van der Waals surface area contributed by atoms with Crippen molar-refractivity contribution in [1.82, 2.24) is 0 Å². The van der Waals surface area contributed by atoms with Crippen molar-refractivity contribution in [3.8, 4) is 11.5 Å². The minimum Gasteiger partial charge on any atom is -0.872 e. The Kier molecular flexibility index (Phi) is 13.0. The summed E-state index contributed by atoms with van der Waals surface area (Å²) < 4.78 is 0. The topological polar surface area (TPSA) is 70.8 Å². The molecule has 0 N–H and O–H groups in total. The Bertz CT molecular complexity index is 1170. The smallest absolute Gasteiger partial charge is 0.872 e. The first kappa shape index (κ1) is 38.6. The number of aliphatic imine (C=N–C) groups is 2. The predicted octanol–water partition coefficient (Wildman–Crippen LogP) is 1.88. The summed E-state index contributed by atoms with van der Waals surface area (Å²) in [6, 6.07) is 8.15. The van der Waals surface area contributed by atoms with Crippen molar-refractivity contribution < 1.29 is 47.9 Å². The van der Waals surface area contributed by atoms with E-state index < -0.39 is 0 Å². The van der Waals surface area contributed by atoms with Crippen LogP contribution in [-0.4, -0.2) is 24.5 Å². The first-order valence-electron chi connectivity index (χ1n) is 15.0. The summed E-state index contributed by atoms with van der Waals surface area (Å²) in [5.41, 5.74) is 4.62. The molecule has 220 valence electrons. The van der Waals surface area contributed by atoms with Crippen LogP contribution >= 0.6 is 0 Å². The molecular weight excluding hydrogens is 506 g/mol.